The second-order valence-corrected chi connectivity index (χ2v) is 6.75. The Labute approximate surface area is 163 Å². The van der Waals surface area contributed by atoms with Crippen LogP contribution < -0.4 is 10.6 Å². The smallest absolute Gasteiger partial charge is 0.236 e. The molecule has 0 amide bonds. The van der Waals surface area contributed by atoms with Gasteiger partial charge in [-0.25, -0.2) is 4.98 Å². The summed E-state index contributed by atoms with van der Waals surface area (Å²) in [5, 5.41) is 8.57. The number of nitrogens with zero attached hydrogens (tertiary/aromatic N) is 2. The molecule has 6 nitrogen and oxygen atoms in total. The van der Waals surface area contributed by atoms with E-state index >= 15 is 0 Å². The van der Waals surface area contributed by atoms with Crippen LogP contribution in [-0.4, -0.2) is 36.7 Å². The monoisotopic (exact) mass is 462 g/mol. The number of hydrogen-bond acceptors (Lipinski definition) is 5. The van der Waals surface area contributed by atoms with Crippen molar-refractivity contribution in [2.75, 3.05) is 20.2 Å². The van der Waals surface area contributed by atoms with Crippen LogP contribution in [0.2, 0.25) is 0 Å². The maximum atomic E-state index is 5.77. The molecule has 0 saturated carbocycles. The van der Waals surface area contributed by atoms with Crippen LogP contribution in [0.1, 0.15) is 25.5 Å². The fourth-order valence-corrected chi connectivity index (χ4v) is 3.20. The standard InChI is InChI=1S/C16H22N4O2S.HI/c1-16(6-4-7-22-16)11-19-15(17-2)18-9-12-10-21-14(20-12)13-5-3-8-23-13;/h3,5,8,10H,4,6-7,9,11H2,1-2H3,(H2,17,18,19);1H. The Balaban J connectivity index is 0.00000208. The summed E-state index contributed by atoms with van der Waals surface area (Å²) in [6.45, 7) is 4.28. The van der Waals surface area contributed by atoms with Crippen LogP contribution in [0.5, 0.6) is 0 Å². The minimum atomic E-state index is -0.0994. The highest BCUT2D eigenvalue weighted by atomic mass is 127. The van der Waals surface area contributed by atoms with Gasteiger partial charge in [0.2, 0.25) is 5.89 Å². The highest BCUT2D eigenvalue weighted by molar-refractivity contribution is 14.0. The van der Waals surface area contributed by atoms with E-state index in [1.54, 1.807) is 24.6 Å². The number of aliphatic imine (C=N–C) groups is 1. The van der Waals surface area contributed by atoms with Crippen molar-refractivity contribution in [2.24, 2.45) is 4.99 Å². The van der Waals surface area contributed by atoms with Gasteiger partial charge in [-0.3, -0.25) is 4.99 Å². The quantitative estimate of drug-likeness (QED) is 0.406. The van der Waals surface area contributed by atoms with Crippen molar-refractivity contribution in [3.05, 3.63) is 29.5 Å². The molecule has 132 valence electrons. The topological polar surface area (TPSA) is 71.7 Å². The van der Waals surface area contributed by atoms with Crippen LogP contribution in [0.3, 0.4) is 0 Å². The highest BCUT2D eigenvalue weighted by Gasteiger charge is 2.29. The summed E-state index contributed by atoms with van der Waals surface area (Å²) in [4.78, 5) is 9.75. The maximum Gasteiger partial charge on any atom is 0.236 e. The molecule has 1 fully saturated rings. The van der Waals surface area contributed by atoms with E-state index < -0.39 is 0 Å². The van der Waals surface area contributed by atoms with Gasteiger partial charge in [0.05, 0.1) is 22.7 Å². The van der Waals surface area contributed by atoms with E-state index in [0.29, 0.717) is 12.4 Å². The lowest BCUT2D eigenvalue weighted by Gasteiger charge is -2.24. The second kappa shape index (κ2) is 8.82. The molecule has 1 aliphatic rings. The molecule has 0 aliphatic carbocycles. The molecule has 8 heteroatoms. The Kier molecular flexibility index (Phi) is 7.05. The Hall–Kier alpha value is -1.13. The third-order valence-corrected chi connectivity index (χ3v) is 4.73. The van der Waals surface area contributed by atoms with Crippen LogP contribution in [0.15, 0.2) is 33.2 Å². The van der Waals surface area contributed by atoms with Gasteiger partial charge in [-0.15, -0.1) is 35.3 Å². The number of halogens is 1. The number of oxazole rings is 1. The summed E-state index contributed by atoms with van der Waals surface area (Å²) < 4.78 is 11.3. The molecule has 2 aromatic heterocycles. The molecule has 1 unspecified atom stereocenters. The largest absolute Gasteiger partial charge is 0.443 e. The van der Waals surface area contributed by atoms with Gasteiger partial charge >= 0.3 is 0 Å². The number of guanidine groups is 1. The van der Waals surface area contributed by atoms with Gasteiger partial charge in [0.25, 0.3) is 0 Å². The van der Waals surface area contributed by atoms with E-state index in [2.05, 4.69) is 27.5 Å². The summed E-state index contributed by atoms with van der Waals surface area (Å²) in [6, 6.07) is 3.98. The predicted molar refractivity (Wildman–Crippen MR) is 107 cm³/mol. The van der Waals surface area contributed by atoms with Gasteiger partial charge in [0.1, 0.15) is 6.26 Å². The number of hydrogen-bond donors (Lipinski definition) is 2. The van der Waals surface area contributed by atoms with Gasteiger partial charge in [-0.05, 0) is 31.2 Å². The van der Waals surface area contributed by atoms with E-state index in [9.17, 15) is 0 Å². The first-order chi connectivity index (χ1) is 11.2. The molecule has 24 heavy (non-hydrogen) atoms. The molecule has 2 aromatic rings. The Bertz CT molecular complexity index is 651. The van der Waals surface area contributed by atoms with Gasteiger partial charge < -0.3 is 19.8 Å². The van der Waals surface area contributed by atoms with Gasteiger partial charge in [0.15, 0.2) is 5.96 Å². The summed E-state index contributed by atoms with van der Waals surface area (Å²) in [6.07, 6.45) is 3.87. The minimum absolute atomic E-state index is 0. The number of aromatic nitrogens is 1. The zero-order chi connectivity index (χ0) is 16.1. The molecular formula is C16H23IN4O2S. The van der Waals surface area contributed by atoms with Crippen LogP contribution in [0, 0.1) is 0 Å². The fourth-order valence-electron chi connectivity index (χ4n) is 2.54. The number of rotatable bonds is 5. The average molecular weight is 462 g/mol. The van der Waals surface area contributed by atoms with Crippen LogP contribution >= 0.6 is 35.3 Å². The zero-order valence-electron chi connectivity index (χ0n) is 13.9. The summed E-state index contributed by atoms with van der Waals surface area (Å²) in [5.41, 5.74) is 0.748. The molecule has 1 saturated heterocycles. The molecular weight excluding hydrogens is 439 g/mol. The first-order valence-electron chi connectivity index (χ1n) is 7.75. The first kappa shape index (κ1) is 19.2. The molecule has 3 heterocycles. The summed E-state index contributed by atoms with van der Waals surface area (Å²) in [5.74, 6) is 1.40. The first-order valence-corrected chi connectivity index (χ1v) is 8.63. The highest BCUT2D eigenvalue weighted by Crippen LogP contribution is 2.24. The lowest BCUT2D eigenvalue weighted by atomic mass is 10.0. The molecule has 0 radical (unpaired) electrons. The lowest BCUT2D eigenvalue weighted by Crippen LogP contribution is -2.45. The van der Waals surface area contributed by atoms with Crippen LogP contribution in [-0.2, 0) is 11.3 Å². The number of nitrogens with one attached hydrogen (secondary N) is 2. The third-order valence-electron chi connectivity index (χ3n) is 3.87. The molecule has 0 bridgehead atoms. The SMILES string of the molecule is CN=C(NCc1coc(-c2cccs2)n1)NCC1(C)CCCO1.I. The number of ether oxygens (including phenoxy) is 1. The van der Waals surface area contributed by atoms with Crippen molar-refractivity contribution in [1.29, 1.82) is 0 Å². The average Bonchev–Trinajstić information content (AvgIpc) is 3.29. The van der Waals surface area contributed by atoms with Gasteiger partial charge in [0, 0.05) is 20.2 Å². The Morgan fingerprint density at radius 2 is 2.33 bits per heavy atom. The Morgan fingerprint density at radius 3 is 3.00 bits per heavy atom. The zero-order valence-corrected chi connectivity index (χ0v) is 17.0. The molecule has 1 aliphatic heterocycles. The fraction of sp³-hybridized carbons (Fsp3) is 0.500. The Morgan fingerprint density at radius 1 is 1.46 bits per heavy atom. The van der Waals surface area contributed by atoms with E-state index in [-0.39, 0.29) is 29.6 Å². The third kappa shape index (κ3) is 4.93. The molecule has 0 aromatic carbocycles. The molecule has 3 rings (SSSR count). The van der Waals surface area contributed by atoms with Crippen molar-refractivity contribution in [3.8, 4) is 10.8 Å². The lowest BCUT2D eigenvalue weighted by molar-refractivity contribution is 0.0243. The summed E-state index contributed by atoms with van der Waals surface area (Å²) in [7, 11) is 1.76. The predicted octanol–water partition coefficient (Wildman–Crippen LogP) is 3.26. The van der Waals surface area contributed by atoms with E-state index in [0.717, 1.165) is 42.5 Å². The van der Waals surface area contributed by atoms with E-state index in [4.69, 9.17) is 9.15 Å². The van der Waals surface area contributed by atoms with Crippen molar-refractivity contribution in [1.82, 2.24) is 15.6 Å². The van der Waals surface area contributed by atoms with E-state index in [1.807, 2.05) is 17.5 Å². The van der Waals surface area contributed by atoms with E-state index in [1.165, 1.54) is 0 Å². The maximum absolute atomic E-state index is 5.77. The molecule has 0 spiro atoms. The molecule has 2 N–H and O–H groups in total. The van der Waals surface area contributed by atoms with Gasteiger partial charge in [-0.2, -0.15) is 0 Å². The normalized spacial score (nSPS) is 20.7. The van der Waals surface area contributed by atoms with Crippen LogP contribution in [0.25, 0.3) is 10.8 Å². The molecule has 1 atom stereocenters. The second-order valence-electron chi connectivity index (χ2n) is 5.80. The number of thiophene rings is 1. The summed E-state index contributed by atoms with van der Waals surface area (Å²) >= 11 is 1.61. The van der Waals surface area contributed by atoms with Crippen molar-refractivity contribution >= 4 is 41.3 Å². The van der Waals surface area contributed by atoms with Crippen molar-refractivity contribution < 1.29 is 9.15 Å². The minimum Gasteiger partial charge on any atom is -0.443 e. The van der Waals surface area contributed by atoms with Gasteiger partial charge in [-0.1, -0.05) is 6.07 Å². The van der Waals surface area contributed by atoms with Crippen molar-refractivity contribution in [2.45, 2.75) is 31.9 Å². The van der Waals surface area contributed by atoms with Crippen molar-refractivity contribution in [3.63, 3.8) is 0 Å². The van der Waals surface area contributed by atoms with Crippen LogP contribution in [0.4, 0.5) is 0 Å².